The quantitative estimate of drug-likeness (QED) is 0.862. The van der Waals surface area contributed by atoms with Gasteiger partial charge in [-0.05, 0) is 43.4 Å². The molecule has 1 aromatic rings. The summed E-state index contributed by atoms with van der Waals surface area (Å²) in [4.78, 5) is 12.6. The number of rotatable bonds is 4. The van der Waals surface area contributed by atoms with Crippen molar-refractivity contribution in [2.75, 3.05) is 13.7 Å². The zero-order valence-corrected chi connectivity index (χ0v) is 13.0. The Morgan fingerprint density at radius 3 is 2.89 bits per heavy atom. The molecule has 0 heterocycles. The van der Waals surface area contributed by atoms with Crippen molar-refractivity contribution >= 4 is 21.8 Å². The first-order valence-corrected chi connectivity index (χ1v) is 7.60. The van der Waals surface area contributed by atoms with E-state index in [0.29, 0.717) is 16.3 Å². The summed E-state index contributed by atoms with van der Waals surface area (Å²) in [6, 6.07) is 5.55. The van der Waals surface area contributed by atoms with E-state index in [4.69, 9.17) is 4.74 Å². The third-order valence-electron chi connectivity index (χ3n) is 3.76. The first-order valence-electron chi connectivity index (χ1n) is 6.68. The third kappa shape index (κ3) is 3.50. The summed E-state index contributed by atoms with van der Waals surface area (Å²) in [7, 11) is 1.62. The lowest BCUT2D eigenvalue weighted by molar-refractivity contribution is 0.0947. The number of benzene rings is 1. The normalized spacial score (nSPS) is 22.3. The van der Waals surface area contributed by atoms with Gasteiger partial charge in [-0.2, -0.15) is 0 Å². The third-order valence-corrected chi connectivity index (χ3v) is 4.97. The maximum absolute atomic E-state index is 12.1. The van der Waals surface area contributed by atoms with Crippen molar-refractivity contribution in [2.24, 2.45) is 5.92 Å². The molecule has 4 heteroatoms. The van der Waals surface area contributed by atoms with Gasteiger partial charge in [0.25, 0.3) is 5.91 Å². The molecule has 1 N–H and O–H groups in total. The maximum Gasteiger partial charge on any atom is 0.251 e. The lowest BCUT2D eigenvalue weighted by Gasteiger charge is -2.15. The Hall–Kier alpha value is -1.03. The number of halogens is 1. The molecule has 1 amide bonds. The fourth-order valence-corrected chi connectivity index (χ4v) is 3.28. The lowest BCUT2D eigenvalue weighted by atomic mass is 10.1. The van der Waals surface area contributed by atoms with Crippen LogP contribution in [0.25, 0.3) is 0 Å². The van der Waals surface area contributed by atoms with Crippen LogP contribution in [0.3, 0.4) is 0 Å². The zero-order valence-electron chi connectivity index (χ0n) is 11.4. The van der Waals surface area contributed by atoms with Crippen molar-refractivity contribution in [1.29, 1.82) is 0 Å². The van der Waals surface area contributed by atoms with Gasteiger partial charge in [0.1, 0.15) is 5.75 Å². The van der Waals surface area contributed by atoms with E-state index in [2.05, 4.69) is 21.2 Å². The van der Waals surface area contributed by atoms with Gasteiger partial charge in [-0.3, -0.25) is 4.79 Å². The van der Waals surface area contributed by atoms with Crippen LogP contribution < -0.4 is 10.1 Å². The van der Waals surface area contributed by atoms with E-state index in [1.165, 1.54) is 19.3 Å². The van der Waals surface area contributed by atoms with Crippen LogP contribution in [-0.4, -0.2) is 24.4 Å². The van der Waals surface area contributed by atoms with Gasteiger partial charge in [0.05, 0.1) is 7.11 Å². The molecular weight excluding hydrogens is 306 g/mol. The summed E-state index contributed by atoms with van der Waals surface area (Å²) in [6.45, 7) is 2.71. The van der Waals surface area contributed by atoms with Crippen LogP contribution in [0, 0.1) is 12.8 Å². The Morgan fingerprint density at radius 2 is 2.26 bits per heavy atom. The summed E-state index contributed by atoms with van der Waals surface area (Å²) in [5, 5.41) is 3.02. The minimum atomic E-state index is -0.0232. The molecular formula is C15H20BrNO2. The van der Waals surface area contributed by atoms with Crippen LogP contribution in [0.1, 0.15) is 35.2 Å². The number of hydrogen-bond donors (Lipinski definition) is 1. The van der Waals surface area contributed by atoms with E-state index in [1.54, 1.807) is 13.2 Å². The van der Waals surface area contributed by atoms with Gasteiger partial charge >= 0.3 is 0 Å². The molecule has 1 saturated carbocycles. The molecule has 2 unspecified atom stereocenters. The summed E-state index contributed by atoms with van der Waals surface area (Å²) >= 11 is 3.67. The minimum absolute atomic E-state index is 0.0232. The van der Waals surface area contributed by atoms with E-state index in [0.717, 1.165) is 17.9 Å². The molecule has 19 heavy (non-hydrogen) atoms. The molecule has 1 aliphatic carbocycles. The van der Waals surface area contributed by atoms with E-state index >= 15 is 0 Å². The zero-order chi connectivity index (χ0) is 13.8. The number of amides is 1. The van der Waals surface area contributed by atoms with Crippen LogP contribution in [0.4, 0.5) is 0 Å². The SMILES string of the molecule is COc1cc(C(=O)NCC2CCCC2Br)ccc1C. The fraction of sp³-hybridized carbons (Fsp3) is 0.533. The maximum atomic E-state index is 12.1. The number of ether oxygens (including phenoxy) is 1. The van der Waals surface area contributed by atoms with Crippen LogP contribution in [0.15, 0.2) is 18.2 Å². The second-order valence-corrected chi connectivity index (χ2v) is 6.28. The minimum Gasteiger partial charge on any atom is -0.496 e. The molecule has 1 aromatic carbocycles. The summed E-state index contributed by atoms with van der Waals surface area (Å²) in [5.74, 6) is 1.29. The second kappa shape index (κ2) is 6.42. The topological polar surface area (TPSA) is 38.3 Å². The van der Waals surface area contributed by atoms with Crippen LogP contribution in [0.2, 0.25) is 0 Å². The average Bonchev–Trinajstić information content (AvgIpc) is 2.82. The smallest absolute Gasteiger partial charge is 0.251 e. The number of carbonyl (C=O) groups is 1. The highest BCUT2D eigenvalue weighted by Crippen LogP contribution is 2.30. The van der Waals surface area contributed by atoms with E-state index in [-0.39, 0.29) is 5.91 Å². The van der Waals surface area contributed by atoms with Crippen molar-refractivity contribution < 1.29 is 9.53 Å². The highest BCUT2D eigenvalue weighted by molar-refractivity contribution is 9.09. The number of nitrogens with one attached hydrogen (secondary N) is 1. The van der Waals surface area contributed by atoms with Crippen molar-refractivity contribution in [3.05, 3.63) is 29.3 Å². The molecule has 1 fully saturated rings. The first kappa shape index (κ1) is 14.4. The Morgan fingerprint density at radius 1 is 1.47 bits per heavy atom. The van der Waals surface area contributed by atoms with Crippen LogP contribution in [-0.2, 0) is 0 Å². The molecule has 0 saturated heterocycles. The molecule has 104 valence electrons. The molecule has 1 aliphatic rings. The average molecular weight is 326 g/mol. The van der Waals surface area contributed by atoms with Crippen molar-refractivity contribution in [3.63, 3.8) is 0 Å². The Bertz CT molecular complexity index is 461. The highest BCUT2D eigenvalue weighted by Gasteiger charge is 2.25. The van der Waals surface area contributed by atoms with E-state index in [9.17, 15) is 4.79 Å². The predicted octanol–water partition coefficient (Wildman–Crippen LogP) is 3.30. The van der Waals surface area contributed by atoms with Crippen molar-refractivity contribution in [1.82, 2.24) is 5.32 Å². The summed E-state index contributed by atoms with van der Waals surface area (Å²) < 4.78 is 5.24. The highest BCUT2D eigenvalue weighted by atomic mass is 79.9. The molecule has 3 nitrogen and oxygen atoms in total. The Balaban J connectivity index is 1.96. The monoisotopic (exact) mass is 325 g/mol. The van der Waals surface area contributed by atoms with Gasteiger partial charge in [0, 0.05) is 16.9 Å². The molecule has 0 radical (unpaired) electrons. The van der Waals surface area contributed by atoms with Gasteiger partial charge in [0.2, 0.25) is 0 Å². The number of aryl methyl sites for hydroxylation is 1. The van der Waals surface area contributed by atoms with Gasteiger partial charge in [0.15, 0.2) is 0 Å². The molecule has 2 rings (SSSR count). The standard InChI is InChI=1S/C15H20BrNO2/c1-10-6-7-11(8-14(10)19-2)15(18)17-9-12-4-3-5-13(12)16/h6-8,12-13H,3-5,9H2,1-2H3,(H,17,18). The molecule has 0 aliphatic heterocycles. The molecule has 2 atom stereocenters. The van der Waals surface area contributed by atoms with E-state index in [1.807, 2.05) is 19.1 Å². The first-order chi connectivity index (χ1) is 9.11. The molecule has 0 spiro atoms. The summed E-state index contributed by atoms with van der Waals surface area (Å²) in [6.07, 6.45) is 3.64. The van der Waals surface area contributed by atoms with Crippen molar-refractivity contribution in [2.45, 2.75) is 31.0 Å². The number of alkyl halides is 1. The summed E-state index contributed by atoms with van der Waals surface area (Å²) in [5.41, 5.74) is 1.70. The Labute approximate surface area is 122 Å². The number of carbonyl (C=O) groups excluding carboxylic acids is 1. The van der Waals surface area contributed by atoms with Crippen LogP contribution in [0.5, 0.6) is 5.75 Å². The molecule has 0 bridgehead atoms. The number of hydrogen-bond acceptors (Lipinski definition) is 2. The Kier molecular flexibility index (Phi) is 4.86. The number of methoxy groups -OCH3 is 1. The second-order valence-electron chi connectivity index (χ2n) is 5.10. The van der Waals surface area contributed by atoms with Crippen molar-refractivity contribution in [3.8, 4) is 5.75 Å². The lowest BCUT2D eigenvalue weighted by Crippen LogP contribution is -2.30. The largest absolute Gasteiger partial charge is 0.496 e. The van der Waals surface area contributed by atoms with Gasteiger partial charge in [-0.15, -0.1) is 0 Å². The fourth-order valence-electron chi connectivity index (χ4n) is 2.51. The van der Waals surface area contributed by atoms with E-state index < -0.39 is 0 Å². The predicted molar refractivity (Wildman–Crippen MR) is 80.1 cm³/mol. The molecule has 0 aromatic heterocycles. The van der Waals surface area contributed by atoms with Gasteiger partial charge in [-0.1, -0.05) is 28.4 Å². The van der Waals surface area contributed by atoms with Crippen LogP contribution >= 0.6 is 15.9 Å². The van der Waals surface area contributed by atoms with Gasteiger partial charge < -0.3 is 10.1 Å². The van der Waals surface area contributed by atoms with Gasteiger partial charge in [-0.25, -0.2) is 0 Å².